The molecule has 0 aliphatic heterocycles. The molecule has 1 aromatic rings. The van der Waals surface area contributed by atoms with Crippen LogP contribution in [0.25, 0.3) is 0 Å². The minimum atomic E-state index is -3.33. The monoisotopic (exact) mass is 202 g/mol. The summed E-state index contributed by atoms with van der Waals surface area (Å²) in [6.45, 7) is -0.244. The number of aliphatic hydroxyl groups is 1. The Labute approximate surface area is 76.5 Å². The third-order valence-electron chi connectivity index (χ3n) is 1.34. The molecule has 1 aromatic heterocycles. The van der Waals surface area contributed by atoms with Gasteiger partial charge in [0, 0.05) is 11.8 Å². The van der Waals surface area contributed by atoms with Crippen molar-refractivity contribution in [2.45, 2.75) is 6.61 Å². The van der Waals surface area contributed by atoms with Gasteiger partial charge in [-0.05, 0) is 6.07 Å². The molecule has 0 aliphatic rings. The van der Waals surface area contributed by atoms with E-state index < -0.39 is 10.0 Å². The van der Waals surface area contributed by atoms with Crippen molar-refractivity contribution in [3.8, 4) is 0 Å². The van der Waals surface area contributed by atoms with Crippen LogP contribution in [-0.2, 0) is 16.6 Å². The Morgan fingerprint density at radius 2 is 2.31 bits per heavy atom. The summed E-state index contributed by atoms with van der Waals surface area (Å²) < 4.78 is 23.9. The molecule has 0 amide bonds. The Morgan fingerprint density at radius 1 is 1.62 bits per heavy atom. The molecule has 0 unspecified atom stereocenters. The third kappa shape index (κ3) is 3.00. The molecule has 0 fully saturated rings. The molecule has 1 rings (SSSR count). The standard InChI is InChI=1S/C7H10N2O3S/c1-13(11,12)9-7-6(5-10)3-2-4-8-7/h2-4,10H,5H2,1H3,(H,8,9). The Balaban J connectivity index is 3.01. The fourth-order valence-corrected chi connectivity index (χ4v) is 1.37. The molecule has 6 heteroatoms. The highest BCUT2D eigenvalue weighted by molar-refractivity contribution is 7.92. The molecule has 5 nitrogen and oxygen atoms in total. The number of nitrogens with zero attached hydrogens (tertiary/aromatic N) is 1. The first kappa shape index (κ1) is 9.94. The maximum absolute atomic E-state index is 10.8. The summed E-state index contributed by atoms with van der Waals surface area (Å²) >= 11 is 0. The number of aromatic nitrogens is 1. The van der Waals surface area contributed by atoms with E-state index in [0.29, 0.717) is 5.56 Å². The van der Waals surface area contributed by atoms with Crippen LogP contribution in [0.3, 0.4) is 0 Å². The zero-order chi connectivity index (χ0) is 9.90. The van der Waals surface area contributed by atoms with Gasteiger partial charge in [0.15, 0.2) is 0 Å². The van der Waals surface area contributed by atoms with Crippen molar-refractivity contribution in [2.75, 3.05) is 11.0 Å². The van der Waals surface area contributed by atoms with Crippen LogP contribution < -0.4 is 4.72 Å². The molecule has 13 heavy (non-hydrogen) atoms. The van der Waals surface area contributed by atoms with Crippen molar-refractivity contribution in [1.82, 2.24) is 4.98 Å². The topological polar surface area (TPSA) is 79.3 Å². The molecule has 2 N–H and O–H groups in total. The zero-order valence-electron chi connectivity index (χ0n) is 7.06. The Kier molecular flexibility index (Phi) is 2.84. The second-order valence-corrected chi connectivity index (χ2v) is 4.29. The van der Waals surface area contributed by atoms with Gasteiger partial charge in [0.2, 0.25) is 10.0 Å². The molecule has 0 spiro atoms. The molecule has 0 saturated heterocycles. The predicted octanol–water partition coefficient (Wildman–Crippen LogP) is -0.0546. The Hall–Kier alpha value is -1.14. The lowest BCUT2D eigenvalue weighted by molar-refractivity contribution is 0.282. The van der Waals surface area contributed by atoms with Crippen LogP contribution in [0.2, 0.25) is 0 Å². The van der Waals surface area contributed by atoms with Gasteiger partial charge in [0.05, 0.1) is 12.9 Å². The smallest absolute Gasteiger partial charge is 0.230 e. The van der Waals surface area contributed by atoms with Gasteiger partial charge in [-0.15, -0.1) is 0 Å². The number of sulfonamides is 1. The van der Waals surface area contributed by atoms with E-state index in [-0.39, 0.29) is 12.4 Å². The SMILES string of the molecule is CS(=O)(=O)Nc1ncccc1CO. The fourth-order valence-electron chi connectivity index (χ4n) is 0.834. The van der Waals surface area contributed by atoms with Crippen molar-refractivity contribution < 1.29 is 13.5 Å². The highest BCUT2D eigenvalue weighted by Gasteiger charge is 2.06. The summed E-state index contributed by atoms with van der Waals surface area (Å²) in [5.74, 6) is 0.174. The number of aliphatic hydroxyl groups excluding tert-OH is 1. The molecule has 72 valence electrons. The van der Waals surface area contributed by atoms with Crippen molar-refractivity contribution in [2.24, 2.45) is 0 Å². The normalized spacial score (nSPS) is 11.2. The molecule has 1 heterocycles. The number of nitrogens with one attached hydrogen (secondary N) is 1. The second-order valence-electron chi connectivity index (χ2n) is 2.54. The summed E-state index contributed by atoms with van der Waals surface area (Å²) in [6.07, 6.45) is 2.48. The van der Waals surface area contributed by atoms with E-state index in [2.05, 4.69) is 9.71 Å². The second kappa shape index (κ2) is 3.71. The summed E-state index contributed by atoms with van der Waals surface area (Å²) in [4.78, 5) is 3.78. The van der Waals surface area contributed by atoms with Crippen LogP contribution in [0.4, 0.5) is 5.82 Å². The van der Waals surface area contributed by atoms with Crippen LogP contribution in [0.15, 0.2) is 18.3 Å². The van der Waals surface area contributed by atoms with E-state index in [4.69, 9.17) is 5.11 Å². The van der Waals surface area contributed by atoms with E-state index in [1.54, 1.807) is 12.1 Å². The first-order chi connectivity index (χ1) is 6.03. The van der Waals surface area contributed by atoms with Crippen LogP contribution in [0.5, 0.6) is 0 Å². The van der Waals surface area contributed by atoms with Crippen LogP contribution in [-0.4, -0.2) is 24.8 Å². The van der Waals surface area contributed by atoms with Gasteiger partial charge in [-0.25, -0.2) is 13.4 Å². The summed E-state index contributed by atoms with van der Waals surface area (Å²) in [6, 6.07) is 3.22. The molecule has 0 aliphatic carbocycles. The number of pyridine rings is 1. The average molecular weight is 202 g/mol. The lowest BCUT2D eigenvalue weighted by Crippen LogP contribution is -2.12. The minimum absolute atomic E-state index is 0.174. The first-order valence-corrected chi connectivity index (χ1v) is 5.44. The van der Waals surface area contributed by atoms with Crippen LogP contribution >= 0.6 is 0 Å². The van der Waals surface area contributed by atoms with Crippen molar-refractivity contribution in [3.05, 3.63) is 23.9 Å². The fraction of sp³-hybridized carbons (Fsp3) is 0.286. The number of anilines is 1. The van der Waals surface area contributed by atoms with E-state index >= 15 is 0 Å². The quantitative estimate of drug-likeness (QED) is 0.720. The lowest BCUT2D eigenvalue weighted by Gasteiger charge is -2.06. The molecular weight excluding hydrogens is 192 g/mol. The van der Waals surface area contributed by atoms with E-state index in [1.165, 1.54) is 6.20 Å². The van der Waals surface area contributed by atoms with Gasteiger partial charge in [-0.3, -0.25) is 4.72 Å². The van der Waals surface area contributed by atoms with Gasteiger partial charge in [-0.2, -0.15) is 0 Å². The lowest BCUT2D eigenvalue weighted by atomic mass is 10.3. The highest BCUT2D eigenvalue weighted by Crippen LogP contribution is 2.11. The van der Waals surface area contributed by atoms with Crippen molar-refractivity contribution >= 4 is 15.8 Å². The average Bonchev–Trinajstić information content (AvgIpc) is 2.02. The van der Waals surface area contributed by atoms with E-state index in [0.717, 1.165) is 6.26 Å². The number of hydrogen-bond acceptors (Lipinski definition) is 4. The first-order valence-electron chi connectivity index (χ1n) is 3.55. The van der Waals surface area contributed by atoms with Gasteiger partial charge in [0.1, 0.15) is 5.82 Å². The molecule has 0 aromatic carbocycles. The van der Waals surface area contributed by atoms with Gasteiger partial charge in [0.25, 0.3) is 0 Å². The number of hydrogen-bond donors (Lipinski definition) is 2. The summed E-state index contributed by atoms with van der Waals surface area (Å²) in [5.41, 5.74) is 0.452. The zero-order valence-corrected chi connectivity index (χ0v) is 7.87. The maximum atomic E-state index is 10.8. The molecule has 0 saturated carbocycles. The summed E-state index contributed by atoms with van der Waals surface area (Å²) in [5, 5.41) is 8.84. The van der Waals surface area contributed by atoms with Crippen molar-refractivity contribution in [3.63, 3.8) is 0 Å². The highest BCUT2D eigenvalue weighted by atomic mass is 32.2. The van der Waals surface area contributed by atoms with Gasteiger partial charge >= 0.3 is 0 Å². The maximum Gasteiger partial charge on any atom is 0.230 e. The van der Waals surface area contributed by atoms with E-state index in [9.17, 15) is 8.42 Å². The molecular formula is C7H10N2O3S. The van der Waals surface area contributed by atoms with Gasteiger partial charge in [-0.1, -0.05) is 6.07 Å². The van der Waals surface area contributed by atoms with Crippen LogP contribution in [0, 0.1) is 0 Å². The Morgan fingerprint density at radius 3 is 2.85 bits per heavy atom. The molecule has 0 atom stereocenters. The Bertz CT molecular complexity index is 388. The predicted molar refractivity (Wildman–Crippen MR) is 48.6 cm³/mol. The summed E-state index contributed by atoms with van der Waals surface area (Å²) in [7, 11) is -3.33. The molecule has 0 radical (unpaired) electrons. The van der Waals surface area contributed by atoms with Crippen LogP contribution in [0.1, 0.15) is 5.56 Å². The third-order valence-corrected chi connectivity index (χ3v) is 1.91. The largest absolute Gasteiger partial charge is 0.392 e. The molecule has 0 bridgehead atoms. The minimum Gasteiger partial charge on any atom is -0.392 e. The van der Waals surface area contributed by atoms with Gasteiger partial charge < -0.3 is 5.11 Å². The number of rotatable bonds is 3. The van der Waals surface area contributed by atoms with Crippen molar-refractivity contribution in [1.29, 1.82) is 0 Å². The van der Waals surface area contributed by atoms with E-state index in [1.807, 2.05) is 0 Å².